The van der Waals surface area contributed by atoms with Gasteiger partial charge in [0.05, 0.1) is 10.4 Å². The van der Waals surface area contributed by atoms with Crippen LogP contribution in [0.25, 0.3) is 0 Å². The minimum atomic E-state index is -2.79. The molecule has 17 heavy (non-hydrogen) atoms. The van der Waals surface area contributed by atoms with E-state index in [0.717, 1.165) is 11.3 Å². The first-order valence-corrected chi connectivity index (χ1v) is 6.83. The van der Waals surface area contributed by atoms with E-state index in [-0.39, 0.29) is 17.9 Å². The van der Waals surface area contributed by atoms with Crippen molar-refractivity contribution in [2.75, 3.05) is 6.61 Å². The maximum atomic E-state index is 13.3. The second-order valence-electron chi connectivity index (χ2n) is 3.51. The molecule has 0 N–H and O–H groups in total. The minimum Gasteiger partial charge on any atom is -0.462 e. The molecule has 0 bridgehead atoms. The molecule has 2 nitrogen and oxygen atoms in total. The van der Waals surface area contributed by atoms with Gasteiger partial charge in [-0.2, -0.15) is 0 Å². The highest BCUT2D eigenvalue weighted by Crippen LogP contribution is 2.33. The third-order valence-electron chi connectivity index (χ3n) is 2.21. The topological polar surface area (TPSA) is 26.3 Å². The Morgan fingerprint density at radius 2 is 2.18 bits per heavy atom. The molecule has 96 valence electrons. The third-order valence-corrected chi connectivity index (χ3v) is 3.87. The highest BCUT2D eigenvalue weighted by Gasteiger charge is 2.30. The van der Waals surface area contributed by atoms with Gasteiger partial charge in [0.2, 0.25) is 0 Å². The number of hydrogen-bond donors (Lipinski definition) is 0. The molecule has 0 aliphatic heterocycles. The maximum absolute atomic E-state index is 13.3. The Morgan fingerprint density at radius 3 is 2.71 bits per heavy atom. The summed E-state index contributed by atoms with van der Waals surface area (Å²) in [5.74, 6) is -3.33. The van der Waals surface area contributed by atoms with E-state index < -0.39 is 18.3 Å². The highest BCUT2D eigenvalue weighted by atomic mass is 79.9. The molecule has 1 aromatic heterocycles. The number of thiophene rings is 1. The zero-order valence-electron chi connectivity index (χ0n) is 9.56. The summed E-state index contributed by atoms with van der Waals surface area (Å²) in [6, 6.07) is 1.56. The van der Waals surface area contributed by atoms with Crippen molar-refractivity contribution in [3.8, 4) is 0 Å². The van der Waals surface area contributed by atoms with Crippen LogP contribution in [0.5, 0.6) is 0 Å². The zero-order valence-corrected chi connectivity index (χ0v) is 12.0. The lowest BCUT2D eigenvalue weighted by molar-refractivity contribution is -0.00234. The van der Waals surface area contributed by atoms with Gasteiger partial charge in [-0.25, -0.2) is 13.6 Å². The lowest BCUT2D eigenvalue weighted by Gasteiger charge is -2.13. The van der Waals surface area contributed by atoms with Crippen LogP contribution in [-0.4, -0.2) is 18.5 Å². The fraction of sp³-hybridized carbons (Fsp3) is 0.545. The minimum absolute atomic E-state index is 0.234. The number of carbonyl (C=O) groups excluding carboxylic acids is 1. The van der Waals surface area contributed by atoms with Crippen molar-refractivity contribution in [2.24, 2.45) is 0 Å². The van der Waals surface area contributed by atoms with Gasteiger partial charge in [-0.05, 0) is 34.5 Å². The first-order valence-electron chi connectivity index (χ1n) is 5.22. The Bertz CT molecular complexity index is 404. The molecule has 0 fully saturated rings. The molecule has 0 unspecified atom stereocenters. The Morgan fingerprint density at radius 1 is 1.53 bits per heavy atom. The summed E-state index contributed by atoms with van der Waals surface area (Å²) in [6.07, 6.45) is -0.678. The summed E-state index contributed by atoms with van der Waals surface area (Å²) >= 11 is 4.32. The third kappa shape index (κ3) is 4.03. The molecule has 0 spiro atoms. The van der Waals surface area contributed by atoms with Gasteiger partial charge in [-0.15, -0.1) is 11.3 Å². The number of rotatable bonds is 5. The Hall–Kier alpha value is -0.490. The van der Waals surface area contributed by atoms with Gasteiger partial charge in [0.15, 0.2) is 0 Å². The number of carbonyl (C=O) groups is 1. The van der Waals surface area contributed by atoms with E-state index in [1.165, 1.54) is 6.92 Å². The normalized spacial score (nSPS) is 11.6. The van der Waals surface area contributed by atoms with E-state index in [2.05, 4.69) is 15.9 Å². The van der Waals surface area contributed by atoms with Crippen LogP contribution in [0.15, 0.2) is 9.85 Å². The lowest BCUT2D eigenvalue weighted by Crippen LogP contribution is -2.19. The smallest absolute Gasteiger partial charge is 0.348 e. The molecule has 0 atom stereocenters. The van der Waals surface area contributed by atoms with Gasteiger partial charge in [0, 0.05) is 12.8 Å². The summed E-state index contributed by atoms with van der Waals surface area (Å²) in [5, 5.41) is 0. The Labute approximate surface area is 111 Å². The Kier molecular flexibility index (Phi) is 5.06. The van der Waals surface area contributed by atoms with Gasteiger partial charge in [0.1, 0.15) is 4.88 Å². The van der Waals surface area contributed by atoms with Gasteiger partial charge < -0.3 is 4.74 Å². The van der Waals surface area contributed by atoms with Crippen LogP contribution in [-0.2, 0) is 11.2 Å². The van der Waals surface area contributed by atoms with E-state index in [9.17, 15) is 13.6 Å². The molecule has 0 radical (unpaired) electrons. The van der Waals surface area contributed by atoms with Crippen molar-refractivity contribution < 1.29 is 18.3 Å². The van der Waals surface area contributed by atoms with Crippen LogP contribution in [0.2, 0.25) is 0 Å². The number of esters is 1. The zero-order chi connectivity index (χ0) is 13.1. The van der Waals surface area contributed by atoms with E-state index in [1.54, 1.807) is 13.0 Å². The van der Waals surface area contributed by atoms with E-state index in [1.807, 2.05) is 0 Å². The average molecular weight is 327 g/mol. The molecule has 0 saturated carbocycles. The van der Waals surface area contributed by atoms with Crippen LogP contribution >= 0.6 is 27.3 Å². The molecule has 0 saturated heterocycles. The first-order chi connectivity index (χ1) is 7.89. The van der Waals surface area contributed by atoms with Crippen LogP contribution in [0.3, 0.4) is 0 Å². The fourth-order valence-electron chi connectivity index (χ4n) is 1.30. The van der Waals surface area contributed by atoms with Crippen molar-refractivity contribution in [2.45, 2.75) is 32.6 Å². The van der Waals surface area contributed by atoms with Gasteiger partial charge in [-0.1, -0.05) is 6.92 Å². The monoisotopic (exact) mass is 326 g/mol. The molecule has 0 amide bonds. The maximum Gasteiger partial charge on any atom is 0.348 e. The average Bonchev–Trinajstić information content (AvgIpc) is 2.59. The standard InChI is InChI=1S/C11H13BrF2O2S/c1-3-11(13,14)6-7-5-8(12)17-9(7)10(15)16-4-2/h5H,3-4,6H2,1-2H3. The summed E-state index contributed by atoms with van der Waals surface area (Å²) in [7, 11) is 0. The predicted molar refractivity (Wildman–Crippen MR) is 66.9 cm³/mol. The molecule has 0 aliphatic rings. The second-order valence-corrected chi connectivity index (χ2v) is 5.94. The van der Waals surface area contributed by atoms with Gasteiger partial charge in [-0.3, -0.25) is 0 Å². The largest absolute Gasteiger partial charge is 0.462 e. The van der Waals surface area contributed by atoms with Crippen LogP contribution in [0.4, 0.5) is 8.78 Å². The molecule has 1 aromatic rings. The van der Waals surface area contributed by atoms with Crippen molar-refractivity contribution in [3.63, 3.8) is 0 Å². The molecule has 6 heteroatoms. The molecular weight excluding hydrogens is 314 g/mol. The van der Waals surface area contributed by atoms with Gasteiger partial charge in [0.25, 0.3) is 5.92 Å². The number of halogens is 3. The van der Waals surface area contributed by atoms with E-state index in [4.69, 9.17) is 4.74 Å². The van der Waals surface area contributed by atoms with E-state index in [0.29, 0.717) is 9.35 Å². The summed E-state index contributed by atoms with van der Waals surface area (Å²) < 4.78 is 32.1. The van der Waals surface area contributed by atoms with Crippen LogP contribution in [0.1, 0.15) is 35.5 Å². The predicted octanol–water partition coefficient (Wildman–Crippen LogP) is 4.28. The van der Waals surface area contributed by atoms with Crippen LogP contribution < -0.4 is 0 Å². The number of ether oxygens (including phenoxy) is 1. The quantitative estimate of drug-likeness (QED) is 0.755. The summed E-state index contributed by atoms with van der Waals surface area (Å²) in [5.41, 5.74) is 0.340. The summed E-state index contributed by atoms with van der Waals surface area (Å²) in [4.78, 5) is 11.8. The van der Waals surface area contributed by atoms with Crippen molar-refractivity contribution in [3.05, 3.63) is 20.3 Å². The van der Waals surface area contributed by atoms with Crippen molar-refractivity contribution >= 4 is 33.2 Å². The van der Waals surface area contributed by atoms with Gasteiger partial charge >= 0.3 is 5.97 Å². The lowest BCUT2D eigenvalue weighted by atomic mass is 10.1. The second kappa shape index (κ2) is 5.91. The fourth-order valence-corrected chi connectivity index (χ4v) is 2.86. The molecule has 0 aliphatic carbocycles. The van der Waals surface area contributed by atoms with E-state index >= 15 is 0 Å². The van der Waals surface area contributed by atoms with Crippen molar-refractivity contribution in [1.82, 2.24) is 0 Å². The van der Waals surface area contributed by atoms with Crippen LogP contribution in [0, 0.1) is 0 Å². The number of hydrogen-bond acceptors (Lipinski definition) is 3. The molecule has 1 rings (SSSR count). The highest BCUT2D eigenvalue weighted by molar-refractivity contribution is 9.11. The SMILES string of the molecule is CCOC(=O)c1sc(Br)cc1CC(F)(F)CC. The van der Waals surface area contributed by atoms with Crippen molar-refractivity contribution in [1.29, 1.82) is 0 Å². The number of alkyl halides is 2. The first kappa shape index (κ1) is 14.6. The summed E-state index contributed by atoms with van der Waals surface area (Å²) in [6.45, 7) is 3.34. The molecular formula is C11H13BrF2O2S. The Balaban J connectivity index is 2.96. The molecule has 1 heterocycles. The molecule has 0 aromatic carbocycles.